The van der Waals surface area contributed by atoms with Gasteiger partial charge in [0.2, 0.25) is 94.5 Å². The van der Waals surface area contributed by atoms with Crippen molar-refractivity contribution in [2.75, 3.05) is 65.8 Å². The number of carboxylic acid groups (broad SMARTS) is 2. The molecule has 3 aromatic carbocycles. The lowest BCUT2D eigenvalue weighted by molar-refractivity contribution is -0.142. The number of benzene rings is 3. The molecular formula is C75H110N18O29. The fourth-order valence-electron chi connectivity index (χ4n) is 11.1. The first-order chi connectivity index (χ1) is 57.6. The number of carboxylic acids is 2. The van der Waals surface area contributed by atoms with Crippen molar-refractivity contribution < 1.29 is 142 Å². The van der Waals surface area contributed by atoms with Crippen LogP contribution in [-0.4, -0.2) is 313 Å². The number of nitrogens with one attached hydrogen (secondary N) is 16. The maximum Gasteiger partial charge on any atom is 0.322 e. The quantitative estimate of drug-likeness (QED) is 0.0233. The van der Waals surface area contributed by atoms with Gasteiger partial charge in [0.25, 0.3) is 0 Å². The van der Waals surface area contributed by atoms with E-state index in [4.69, 9.17) is 16.6 Å². The normalized spacial score (nSPS) is 14.7. The fourth-order valence-corrected chi connectivity index (χ4v) is 11.1. The summed E-state index contributed by atoms with van der Waals surface area (Å²) in [5, 5.41) is 146. The number of hydrogen-bond donors (Lipinski definition) is 29. The molecule has 31 N–H and O–H groups in total. The van der Waals surface area contributed by atoms with E-state index in [9.17, 15) is 137 Å². The molecule has 0 radical (unpaired) electrons. The highest BCUT2D eigenvalue weighted by molar-refractivity contribution is 6.01. The van der Waals surface area contributed by atoms with Gasteiger partial charge in [0.05, 0.1) is 71.2 Å². The van der Waals surface area contributed by atoms with Crippen LogP contribution >= 0.6 is 0 Å². The molecule has 47 nitrogen and oxygen atoms in total. The Morgan fingerprint density at radius 3 is 1.09 bits per heavy atom. The van der Waals surface area contributed by atoms with Gasteiger partial charge in [0.15, 0.2) is 0 Å². The molecule has 47 heteroatoms. The third-order valence-electron chi connectivity index (χ3n) is 18.3. The van der Waals surface area contributed by atoms with Crippen LogP contribution in [0.1, 0.15) is 83.4 Å². The van der Waals surface area contributed by atoms with Gasteiger partial charge in [-0.2, -0.15) is 0 Å². The summed E-state index contributed by atoms with van der Waals surface area (Å²) in [6, 6.07) is -6.67. The first-order valence-electron chi connectivity index (χ1n) is 38.3. The zero-order valence-corrected chi connectivity index (χ0v) is 67.3. The van der Waals surface area contributed by atoms with Gasteiger partial charge in [-0.3, -0.25) is 86.3 Å². The summed E-state index contributed by atoms with van der Waals surface area (Å²) < 4.78 is 0. The van der Waals surface area contributed by atoms with Crippen LogP contribution in [0.4, 0.5) is 0 Å². The maximum atomic E-state index is 14.6. The number of amides is 16. The number of phenolic OH excluding ortho intramolecular Hbond substituents is 3. The van der Waals surface area contributed by atoms with Crippen LogP contribution in [0.15, 0.2) is 72.8 Å². The summed E-state index contributed by atoms with van der Waals surface area (Å²) >= 11 is 0. The van der Waals surface area contributed by atoms with Gasteiger partial charge >= 0.3 is 11.9 Å². The van der Waals surface area contributed by atoms with Gasteiger partial charge in [-0.25, -0.2) is 0 Å². The van der Waals surface area contributed by atoms with Crippen LogP contribution < -0.4 is 96.5 Å². The molecule has 0 saturated carbocycles. The number of carbonyl (C=O) groups is 18. The van der Waals surface area contributed by atoms with Crippen LogP contribution in [0.5, 0.6) is 17.2 Å². The van der Waals surface area contributed by atoms with E-state index in [2.05, 4.69) is 79.8 Å². The summed E-state index contributed by atoms with van der Waals surface area (Å²) in [6.45, 7) is -1.93. The van der Waals surface area contributed by atoms with Gasteiger partial charge in [0, 0.05) is 12.8 Å². The van der Waals surface area contributed by atoms with Crippen LogP contribution in [0.25, 0.3) is 0 Å². The lowest BCUT2D eigenvalue weighted by Gasteiger charge is -2.28. The van der Waals surface area contributed by atoms with E-state index in [-0.39, 0.29) is 47.8 Å². The number of aromatic hydroxyl groups is 3. The van der Waals surface area contributed by atoms with Crippen molar-refractivity contribution in [1.29, 1.82) is 0 Å². The number of unbranched alkanes of at least 4 members (excludes halogenated alkanes) is 1. The van der Waals surface area contributed by atoms with Gasteiger partial charge < -0.3 is 153 Å². The zero-order chi connectivity index (χ0) is 91.6. The number of aliphatic carboxylic acids is 2. The Balaban J connectivity index is 1.71. The van der Waals surface area contributed by atoms with Crippen LogP contribution in [0, 0.1) is 11.8 Å². The average Bonchev–Trinajstić information content (AvgIpc) is 0.852. The molecular weight excluding hydrogens is 1620 g/mol. The first-order valence-corrected chi connectivity index (χ1v) is 38.3. The number of carbonyl (C=O) groups excluding carboxylic acids is 16. The molecule has 674 valence electrons. The van der Waals surface area contributed by atoms with Crippen molar-refractivity contribution in [2.45, 2.75) is 171 Å². The zero-order valence-electron chi connectivity index (χ0n) is 67.3. The topological polar surface area (TPSA) is 774 Å². The number of hydrogen-bond acceptors (Lipinski definition) is 29. The van der Waals surface area contributed by atoms with Crippen molar-refractivity contribution in [3.05, 3.63) is 89.5 Å². The average molecular weight is 1730 g/mol. The summed E-state index contributed by atoms with van der Waals surface area (Å²) in [7, 11) is 0. The van der Waals surface area contributed by atoms with E-state index in [0.717, 1.165) is 6.92 Å². The maximum absolute atomic E-state index is 14.6. The highest BCUT2D eigenvalue weighted by atomic mass is 16.4. The predicted octanol–water partition coefficient (Wildman–Crippen LogP) is -11.8. The van der Waals surface area contributed by atoms with Gasteiger partial charge in [-0.1, -0.05) is 70.5 Å². The Hall–Kier alpha value is -12.8. The van der Waals surface area contributed by atoms with Crippen molar-refractivity contribution in [1.82, 2.24) is 85.1 Å². The molecule has 0 aliphatic heterocycles. The van der Waals surface area contributed by atoms with Gasteiger partial charge in [-0.05, 0) is 104 Å². The van der Waals surface area contributed by atoms with Crippen LogP contribution in [-0.2, 0) is 106 Å². The Kier molecular flexibility index (Phi) is 44.9. The molecule has 0 unspecified atom stereocenters. The molecule has 0 aliphatic carbocycles. The molecule has 0 bridgehead atoms. The van der Waals surface area contributed by atoms with E-state index < -0.39 is 281 Å². The monoisotopic (exact) mass is 1730 g/mol. The van der Waals surface area contributed by atoms with Crippen molar-refractivity contribution >= 4 is 106 Å². The van der Waals surface area contributed by atoms with E-state index in [1.54, 1.807) is 26.0 Å². The van der Waals surface area contributed by atoms with Gasteiger partial charge in [0.1, 0.15) is 96.3 Å². The molecule has 0 aromatic heterocycles. The van der Waals surface area contributed by atoms with Crippen LogP contribution in [0.3, 0.4) is 0 Å². The molecule has 0 aliphatic rings. The minimum Gasteiger partial charge on any atom is -0.508 e. The lowest BCUT2D eigenvalue weighted by Crippen LogP contribution is -2.62. The van der Waals surface area contributed by atoms with E-state index in [1.165, 1.54) is 74.5 Å². The van der Waals surface area contributed by atoms with Gasteiger partial charge in [-0.15, -0.1) is 0 Å². The standard InChI is InChI=1S/C75H110N18O29/c1-6-37(4)61(93-63(110)45(77)23-39-10-16-42(100)17-11-39)74(121)90-53(34-97)71(118)87-51(32-95)66(113)79-27-55(103)78-28-56(104)82-50(31-94)65(112)80-29-57(105)91-62(38(5)99)75(122)86-48(25-41-14-20-44(102)21-15-41)67(114)84-47(24-40-12-18-43(101)19-13-40)68(115)88-52(33-96)70(117)85-49(26-58(106)107)69(116)89-54(35-98)72(119)92-60(36(2)3)73(120)83-46(9-7-8-22-76)64(111)81-30-59(108)109/h10-21,36-38,45-54,60-62,94-102H,6-9,22-35,76-77H2,1-5H3,(H,78,103)(H,79,113)(H,80,112)(H,81,111)(H,82,104)(H,83,120)(H,84,114)(H,85,117)(H,86,122)(H,87,118)(H,88,115)(H,89,116)(H,90,121)(H,91,105)(H,92,119)(H,93,110)(H,106,107)(H,108,109)/t37-,38+,45-,46-,47-,48-,49-,50-,51-,52-,53-,54-,60-,61-,62-/m0/s1. The summed E-state index contributed by atoms with van der Waals surface area (Å²) in [5.41, 5.74) is 12.7. The van der Waals surface area contributed by atoms with E-state index in [1.807, 2.05) is 5.32 Å². The minimum absolute atomic E-state index is 0.00970. The Bertz CT molecular complexity index is 4070. The smallest absolute Gasteiger partial charge is 0.322 e. The largest absolute Gasteiger partial charge is 0.508 e. The molecule has 3 rings (SSSR count). The molecule has 16 amide bonds. The highest BCUT2D eigenvalue weighted by Gasteiger charge is 2.39. The first kappa shape index (κ1) is 103. The summed E-state index contributed by atoms with van der Waals surface area (Å²) in [5.74, 6) is -23.5. The van der Waals surface area contributed by atoms with E-state index in [0.29, 0.717) is 24.8 Å². The fraction of sp³-hybridized carbons (Fsp3) is 0.520. The summed E-state index contributed by atoms with van der Waals surface area (Å²) in [4.78, 5) is 239. The molecule has 0 saturated heterocycles. The Labute approximate surface area is 697 Å². The number of aliphatic hydroxyl groups excluding tert-OH is 6. The second kappa shape index (κ2) is 53.0. The molecule has 15 atom stereocenters. The number of nitrogens with two attached hydrogens (primary N) is 2. The van der Waals surface area contributed by atoms with Crippen molar-refractivity contribution in [2.24, 2.45) is 23.3 Å². The number of phenols is 3. The lowest BCUT2D eigenvalue weighted by atomic mass is 9.97. The second-order valence-corrected chi connectivity index (χ2v) is 28.3. The molecule has 122 heavy (non-hydrogen) atoms. The Morgan fingerprint density at radius 1 is 0.336 bits per heavy atom. The molecule has 3 aromatic rings. The molecule has 0 heterocycles. The SMILES string of the molecule is CC[C@H](C)[C@H](NC(=O)[C@@H](N)Cc1ccc(O)cc1)C(=O)N[C@@H](CO)C(=O)N[C@@H](CO)C(=O)NCC(=O)NCC(=O)N[C@@H](CO)C(=O)NCC(=O)N[C@H](C(=O)N[C@@H](Cc1ccc(O)cc1)C(=O)N[C@@H](Cc1ccc(O)cc1)C(=O)N[C@@H](CO)C(=O)N[C@@H](CC(=O)O)C(=O)N[C@@H](CO)C(=O)N[C@H](C(=O)N[C@@H](CCCCN)C(=O)NCC(=O)O)C(C)C)[C@@H](C)O. The molecule has 0 fully saturated rings. The highest BCUT2D eigenvalue weighted by Crippen LogP contribution is 2.17. The third kappa shape index (κ3) is 36.4. The second-order valence-electron chi connectivity index (χ2n) is 28.3. The third-order valence-corrected chi connectivity index (χ3v) is 18.3. The minimum atomic E-state index is -2.17. The predicted molar refractivity (Wildman–Crippen MR) is 423 cm³/mol. The molecule has 0 spiro atoms. The van der Waals surface area contributed by atoms with E-state index >= 15 is 0 Å². The number of rotatable bonds is 54. The summed E-state index contributed by atoms with van der Waals surface area (Å²) in [6.07, 6.45) is -3.02. The van der Waals surface area contributed by atoms with Crippen molar-refractivity contribution in [3.8, 4) is 17.2 Å². The van der Waals surface area contributed by atoms with Crippen molar-refractivity contribution in [3.63, 3.8) is 0 Å². The number of aliphatic hydroxyl groups is 6. The Morgan fingerprint density at radius 2 is 0.664 bits per heavy atom. The van der Waals surface area contributed by atoms with Crippen LogP contribution in [0.2, 0.25) is 0 Å².